The van der Waals surface area contributed by atoms with E-state index in [0.717, 1.165) is 27.2 Å². The monoisotopic (exact) mass is 460 g/mol. The molecule has 0 saturated heterocycles. The number of carbonyl (C=O) groups excluding carboxylic acids is 3. The van der Waals surface area contributed by atoms with Gasteiger partial charge in [0.1, 0.15) is 6.04 Å². The van der Waals surface area contributed by atoms with Gasteiger partial charge in [0, 0.05) is 0 Å². The van der Waals surface area contributed by atoms with Crippen LogP contribution >= 0.6 is 0 Å². The van der Waals surface area contributed by atoms with Gasteiger partial charge in [0.25, 0.3) is 11.8 Å². The highest BCUT2D eigenvalue weighted by molar-refractivity contribution is 6.22. The molecule has 2 atom stereocenters. The van der Waals surface area contributed by atoms with Crippen LogP contribution in [0.5, 0.6) is 0 Å². The van der Waals surface area contributed by atoms with Gasteiger partial charge < -0.3 is 5.32 Å². The van der Waals surface area contributed by atoms with Crippen molar-refractivity contribution in [2.75, 3.05) is 0 Å². The number of nitrogens with zero attached hydrogens (tertiary/aromatic N) is 1. The number of fused-ring (bicyclic) bond motifs is 1. The second-order valence-corrected chi connectivity index (χ2v) is 8.54. The molecule has 5 nitrogen and oxygen atoms in total. The fourth-order valence-corrected chi connectivity index (χ4v) is 4.44. The fourth-order valence-electron chi connectivity index (χ4n) is 4.44. The van der Waals surface area contributed by atoms with Gasteiger partial charge in [0.2, 0.25) is 5.91 Å². The Morgan fingerprint density at radius 2 is 1.09 bits per heavy atom. The summed E-state index contributed by atoms with van der Waals surface area (Å²) >= 11 is 0. The lowest BCUT2D eigenvalue weighted by molar-refractivity contribution is -0.125. The minimum Gasteiger partial charge on any atom is -0.343 e. The van der Waals surface area contributed by atoms with Crippen LogP contribution < -0.4 is 5.32 Å². The number of amides is 3. The highest BCUT2D eigenvalue weighted by Crippen LogP contribution is 2.28. The van der Waals surface area contributed by atoms with Crippen LogP contribution in [-0.2, 0) is 4.79 Å². The summed E-state index contributed by atoms with van der Waals surface area (Å²) in [7, 11) is 0. The second kappa shape index (κ2) is 9.39. The van der Waals surface area contributed by atoms with Crippen LogP contribution in [0.1, 0.15) is 44.8 Å². The topological polar surface area (TPSA) is 66.5 Å². The summed E-state index contributed by atoms with van der Waals surface area (Å²) < 4.78 is 0. The zero-order chi connectivity index (χ0) is 24.4. The van der Waals surface area contributed by atoms with Gasteiger partial charge in [0.15, 0.2) is 0 Å². The van der Waals surface area contributed by atoms with E-state index >= 15 is 0 Å². The van der Waals surface area contributed by atoms with Gasteiger partial charge in [-0.1, -0.05) is 97.1 Å². The lowest BCUT2D eigenvalue weighted by Crippen LogP contribution is -2.48. The SMILES string of the molecule is C[C@H](C(=O)N[C@H](c1ccccc1)c1ccc(-c2ccccc2)cc1)N1C(=O)c2ccccc2C1=O. The van der Waals surface area contributed by atoms with Gasteiger partial charge in [0.05, 0.1) is 17.2 Å². The van der Waals surface area contributed by atoms with Crippen molar-refractivity contribution in [2.24, 2.45) is 0 Å². The highest BCUT2D eigenvalue weighted by Gasteiger charge is 2.41. The van der Waals surface area contributed by atoms with Crippen LogP contribution in [0.15, 0.2) is 109 Å². The summed E-state index contributed by atoms with van der Waals surface area (Å²) in [6.45, 7) is 1.58. The van der Waals surface area contributed by atoms with Crippen LogP contribution in [0.2, 0.25) is 0 Å². The third-order valence-corrected chi connectivity index (χ3v) is 6.36. The van der Waals surface area contributed by atoms with Crippen molar-refractivity contribution in [1.82, 2.24) is 10.2 Å². The number of imide groups is 1. The molecule has 0 saturated carbocycles. The van der Waals surface area contributed by atoms with E-state index in [4.69, 9.17) is 0 Å². The van der Waals surface area contributed by atoms with Gasteiger partial charge in [-0.3, -0.25) is 19.3 Å². The van der Waals surface area contributed by atoms with E-state index in [1.807, 2.05) is 72.8 Å². The van der Waals surface area contributed by atoms with E-state index in [0.29, 0.717) is 11.1 Å². The minimum atomic E-state index is -0.961. The number of benzene rings is 4. The molecule has 35 heavy (non-hydrogen) atoms. The summed E-state index contributed by atoms with van der Waals surface area (Å²) in [5.41, 5.74) is 4.65. The zero-order valence-corrected chi connectivity index (χ0v) is 19.2. The quantitative estimate of drug-likeness (QED) is 0.400. The summed E-state index contributed by atoms with van der Waals surface area (Å²) in [4.78, 5) is 40.2. The molecule has 0 radical (unpaired) electrons. The molecule has 5 heteroatoms. The van der Waals surface area contributed by atoms with Gasteiger partial charge in [-0.15, -0.1) is 0 Å². The molecule has 4 aromatic carbocycles. The Bertz CT molecular complexity index is 1350. The number of hydrogen-bond acceptors (Lipinski definition) is 3. The Morgan fingerprint density at radius 3 is 1.66 bits per heavy atom. The molecule has 1 aliphatic heterocycles. The number of rotatable bonds is 6. The molecule has 0 unspecified atom stereocenters. The summed E-state index contributed by atoms with van der Waals surface area (Å²) in [5.74, 6) is -1.30. The largest absolute Gasteiger partial charge is 0.343 e. The molecule has 0 aromatic heterocycles. The van der Waals surface area contributed by atoms with Crippen LogP contribution in [0.4, 0.5) is 0 Å². The van der Waals surface area contributed by atoms with Gasteiger partial charge in [-0.05, 0) is 41.3 Å². The molecule has 0 aliphatic carbocycles. The summed E-state index contributed by atoms with van der Waals surface area (Å²) in [5, 5.41) is 3.07. The minimum absolute atomic E-state index is 0.327. The molecule has 172 valence electrons. The van der Waals surface area contributed by atoms with Crippen molar-refractivity contribution in [3.63, 3.8) is 0 Å². The molecule has 1 heterocycles. The Balaban J connectivity index is 1.41. The molecular formula is C30H24N2O3. The zero-order valence-electron chi connectivity index (χ0n) is 19.2. The van der Waals surface area contributed by atoms with Crippen molar-refractivity contribution in [3.05, 3.63) is 131 Å². The molecule has 0 fully saturated rings. The molecule has 0 spiro atoms. The van der Waals surface area contributed by atoms with Crippen molar-refractivity contribution < 1.29 is 14.4 Å². The molecular weight excluding hydrogens is 436 g/mol. The summed E-state index contributed by atoms with van der Waals surface area (Å²) in [6, 6.07) is 33.0. The first-order valence-electron chi connectivity index (χ1n) is 11.5. The van der Waals surface area contributed by atoms with E-state index in [1.165, 1.54) is 0 Å². The Labute approximate surface area is 204 Å². The number of hydrogen-bond donors (Lipinski definition) is 1. The fraction of sp³-hybridized carbons (Fsp3) is 0.100. The molecule has 5 rings (SSSR count). The van der Waals surface area contributed by atoms with E-state index < -0.39 is 29.8 Å². The Hall–Kier alpha value is -4.51. The van der Waals surface area contributed by atoms with Gasteiger partial charge >= 0.3 is 0 Å². The number of nitrogens with one attached hydrogen (secondary N) is 1. The van der Waals surface area contributed by atoms with Crippen molar-refractivity contribution in [1.29, 1.82) is 0 Å². The van der Waals surface area contributed by atoms with Crippen molar-refractivity contribution in [2.45, 2.75) is 19.0 Å². The van der Waals surface area contributed by atoms with Gasteiger partial charge in [-0.2, -0.15) is 0 Å². The maximum absolute atomic E-state index is 13.4. The van der Waals surface area contributed by atoms with Crippen LogP contribution in [0.25, 0.3) is 11.1 Å². The first-order chi connectivity index (χ1) is 17.0. The second-order valence-electron chi connectivity index (χ2n) is 8.54. The number of carbonyl (C=O) groups is 3. The molecule has 3 amide bonds. The predicted molar refractivity (Wildman–Crippen MR) is 135 cm³/mol. The Kier molecular flexibility index (Phi) is 5.98. The third-order valence-electron chi connectivity index (χ3n) is 6.36. The standard InChI is InChI=1S/C30H24N2O3/c1-20(32-29(34)25-14-8-9-15-26(25)30(32)35)28(33)31-27(23-12-6-3-7-13-23)24-18-16-22(17-19-24)21-10-4-2-5-11-21/h2-20,27H,1H3,(H,31,33)/t20-,27-/m1/s1. The van der Waals surface area contributed by atoms with E-state index in [2.05, 4.69) is 17.4 Å². The maximum atomic E-state index is 13.4. The van der Waals surface area contributed by atoms with Crippen LogP contribution in [0.3, 0.4) is 0 Å². The van der Waals surface area contributed by atoms with Crippen LogP contribution in [0, 0.1) is 0 Å². The van der Waals surface area contributed by atoms with E-state index in [9.17, 15) is 14.4 Å². The predicted octanol–water partition coefficient (Wildman–Crippen LogP) is 5.24. The van der Waals surface area contributed by atoms with E-state index in [1.54, 1.807) is 31.2 Å². The van der Waals surface area contributed by atoms with Crippen molar-refractivity contribution in [3.8, 4) is 11.1 Å². The summed E-state index contributed by atoms with van der Waals surface area (Å²) in [6.07, 6.45) is 0. The molecule has 1 aliphatic rings. The lowest BCUT2D eigenvalue weighted by Gasteiger charge is -2.26. The third kappa shape index (κ3) is 4.24. The average molecular weight is 461 g/mol. The first-order valence-corrected chi connectivity index (χ1v) is 11.5. The van der Waals surface area contributed by atoms with E-state index in [-0.39, 0.29) is 0 Å². The average Bonchev–Trinajstić information content (AvgIpc) is 3.17. The Morgan fingerprint density at radius 1 is 0.629 bits per heavy atom. The normalized spacial score (nSPS) is 14.4. The highest BCUT2D eigenvalue weighted by atomic mass is 16.2. The smallest absolute Gasteiger partial charge is 0.262 e. The van der Waals surface area contributed by atoms with Crippen LogP contribution in [-0.4, -0.2) is 28.7 Å². The molecule has 1 N–H and O–H groups in total. The maximum Gasteiger partial charge on any atom is 0.262 e. The lowest BCUT2D eigenvalue weighted by atomic mass is 9.96. The van der Waals surface area contributed by atoms with Gasteiger partial charge in [-0.25, -0.2) is 0 Å². The first kappa shape index (κ1) is 22.3. The molecule has 4 aromatic rings. The van der Waals surface area contributed by atoms with Crippen molar-refractivity contribution >= 4 is 17.7 Å². The molecule has 0 bridgehead atoms.